The molecule has 4 nitrogen and oxygen atoms in total. The Bertz CT molecular complexity index is 501. The van der Waals surface area contributed by atoms with E-state index in [4.69, 9.17) is 0 Å². The summed E-state index contributed by atoms with van der Waals surface area (Å²) >= 11 is 0. The fourth-order valence-corrected chi connectivity index (χ4v) is 2.93. The van der Waals surface area contributed by atoms with Gasteiger partial charge in [0.05, 0.1) is 6.42 Å². The molecule has 2 amide bonds. The molecular formula is C18H26N2O2. The number of likely N-dealkylation sites (tertiary alicyclic amines) is 1. The summed E-state index contributed by atoms with van der Waals surface area (Å²) in [5.41, 5.74) is 0.970. The summed E-state index contributed by atoms with van der Waals surface area (Å²) in [6.45, 7) is 5.83. The SMILES string of the molecule is CCCC(NC(=O)Cc1ccccc1)C(=O)N1CCC(C)C1. The summed E-state index contributed by atoms with van der Waals surface area (Å²) in [7, 11) is 0. The monoisotopic (exact) mass is 302 g/mol. The molecule has 120 valence electrons. The van der Waals surface area contributed by atoms with Crippen LogP contribution in [0.15, 0.2) is 30.3 Å². The van der Waals surface area contributed by atoms with Crippen molar-refractivity contribution in [2.75, 3.05) is 13.1 Å². The van der Waals surface area contributed by atoms with Crippen molar-refractivity contribution in [1.29, 1.82) is 0 Å². The molecule has 4 heteroatoms. The zero-order valence-corrected chi connectivity index (χ0v) is 13.5. The maximum Gasteiger partial charge on any atom is 0.245 e. The van der Waals surface area contributed by atoms with E-state index >= 15 is 0 Å². The topological polar surface area (TPSA) is 49.4 Å². The van der Waals surface area contributed by atoms with Crippen LogP contribution in [0.2, 0.25) is 0 Å². The maximum absolute atomic E-state index is 12.6. The van der Waals surface area contributed by atoms with Gasteiger partial charge < -0.3 is 10.2 Å². The molecule has 0 spiro atoms. The molecule has 0 saturated carbocycles. The third-order valence-electron chi connectivity index (χ3n) is 4.15. The fraction of sp³-hybridized carbons (Fsp3) is 0.556. The van der Waals surface area contributed by atoms with Crippen LogP contribution in [0.4, 0.5) is 0 Å². The van der Waals surface area contributed by atoms with Crippen LogP contribution in [0.1, 0.15) is 38.7 Å². The molecule has 1 aliphatic heterocycles. The quantitative estimate of drug-likeness (QED) is 0.877. The van der Waals surface area contributed by atoms with E-state index < -0.39 is 0 Å². The number of carbonyl (C=O) groups is 2. The average Bonchev–Trinajstić information content (AvgIpc) is 2.93. The van der Waals surface area contributed by atoms with Gasteiger partial charge in [0.1, 0.15) is 6.04 Å². The molecule has 0 aliphatic carbocycles. The summed E-state index contributed by atoms with van der Waals surface area (Å²) in [6, 6.07) is 9.24. The van der Waals surface area contributed by atoms with Gasteiger partial charge in [-0.25, -0.2) is 0 Å². The maximum atomic E-state index is 12.6. The van der Waals surface area contributed by atoms with Crippen LogP contribution in [0.25, 0.3) is 0 Å². The van der Waals surface area contributed by atoms with Crippen LogP contribution in [-0.2, 0) is 16.0 Å². The lowest BCUT2D eigenvalue weighted by atomic mass is 10.1. The first-order chi connectivity index (χ1) is 10.6. The van der Waals surface area contributed by atoms with Crippen molar-refractivity contribution in [1.82, 2.24) is 10.2 Å². The lowest BCUT2D eigenvalue weighted by Crippen LogP contribution is -2.48. The van der Waals surface area contributed by atoms with Gasteiger partial charge in [-0.3, -0.25) is 9.59 Å². The van der Waals surface area contributed by atoms with E-state index in [2.05, 4.69) is 12.2 Å². The lowest BCUT2D eigenvalue weighted by Gasteiger charge is -2.24. The number of hydrogen-bond donors (Lipinski definition) is 1. The molecule has 0 aromatic heterocycles. The van der Waals surface area contributed by atoms with E-state index in [9.17, 15) is 9.59 Å². The Morgan fingerprint density at radius 2 is 2.05 bits per heavy atom. The molecule has 1 saturated heterocycles. The highest BCUT2D eigenvalue weighted by atomic mass is 16.2. The first-order valence-corrected chi connectivity index (χ1v) is 8.22. The predicted molar refractivity (Wildman–Crippen MR) is 87.3 cm³/mol. The number of hydrogen-bond acceptors (Lipinski definition) is 2. The highest BCUT2D eigenvalue weighted by Gasteiger charge is 2.29. The van der Waals surface area contributed by atoms with Crippen molar-refractivity contribution < 1.29 is 9.59 Å². The van der Waals surface area contributed by atoms with Gasteiger partial charge in [0, 0.05) is 13.1 Å². The first-order valence-electron chi connectivity index (χ1n) is 8.22. The van der Waals surface area contributed by atoms with E-state index in [1.807, 2.05) is 42.2 Å². The molecule has 0 radical (unpaired) electrons. The van der Waals surface area contributed by atoms with Gasteiger partial charge in [-0.2, -0.15) is 0 Å². The molecule has 1 aromatic carbocycles. The molecule has 0 bridgehead atoms. The highest BCUT2D eigenvalue weighted by Crippen LogP contribution is 2.17. The van der Waals surface area contributed by atoms with Crippen LogP contribution in [0.3, 0.4) is 0 Å². The summed E-state index contributed by atoms with van der Waals surface area (Å²) in [5, 5.41) is 2.93. The van der Waals surface area contributed by atoms with Gasteiger partial charge in [0.25, 0.3) is 0 Å². The van der Waals surface area contributed by atoms with Crippen LogP contribution >= 0.6 is 0 Å². The largest absolute Gasteiger partial charge is 0.344 e. The molecule has 2 atom stereocenters. The van der Waals surface area contributed by atoms with Crippen LogP contribution in [-0.4, -0.2) is 35.8 Å². The molecule has 1 heterocycles. The molecule has 1 fully saturated rings. The van der Waals surface area contributed by atoms with E-state index in [0.717, 1.165) is 31.5 Å². The standard InChI is InChI=1S/C18H26N2O2/c1-3-7-16(18(22)20-11-10-14(2)13-20)19-17(21)12-15-8-5-4-6-9-15/h4-6,8-9,14,16H,3,7,10-13H2,1-2H3,(H,19,21). The van der Waals surface area contributed by atoms with Gasteiger partial charge in [0.2, 0.25) is 11.8 Å². The minimum Gasteiger partial charge on any atom is -0.344 e. The molecule has 1 N–H and O–H groups in total. The number of carbonyl (C=O) groups excluding carboxylic acids is 2. The summed E-state index contributed by atoms with van der Waals surface area (Å²) in [5.74, 6) is 0.559. The predicted octanol–water partition coefficient (Wildman–Crippen LogP) is 2.38. The Labute approximate surface area is 132 Å². The van der Waals surface area contributed by atoms with Gasteiger partial charge in [-0.05, 0) is 24.3 Å². The van der Waals surface area contributed by atoms with Crippen molar-refractivity contribution in [2.45, 2.75) is 45.6 Å². The van der Waals surface area contributed by atoms with E-state index in [-0.39, 0.29) is 17.9 Å². The van der Waals surface area contributed by atoms with E-state index in [0.29, 0.717) is 18.8 Å². The second-order valence-corrected chi connectivity index (χ2v) is 6.25. The molecule has 2 unspecified atom stereocenters. The molecule has 22 heavy (non-hydrogen) atoms. The summed E-state index contributed by atoms with van der Waals surface area (Å²) in [4.78, 5) is 26.7. The van der Waals surface area contributed by atoms with Gasteiger partial charge in [0.15, 0.2) is 0 Å². The zero-order valence-electron chi connectivity index (χ0n) is 13.5. The highest BCUT2D eigenvalue weighted by molar-refractivity contribution is 5.88. The Morgan fingerprint density at radius 1 is 1.32 bits per heavy atom. The Hall–Kier alpha value is -1.84. The summed E-state index contributed by atoms with van der Waals surface area (Å²) in [6.07, 6.45) is 2.96. The van der Waals surface area contributed by atoms with Crippen LogP contribution < -0.4 is 5.32 Å². The van der Waals surface area contributed by atoms with Crippen molar-refractivity contribution in [2.24, 2.45) is 5.92 Å². The van der Waals surface area contributed by atoms with Gasteiger partial charge >= 0.3 is 0 Å². The van der Waals surface area contributed by atoms with Crippen molar-refractivity contribution in [3.05, 3.63) is 35.9 Å². The average molecular weight is 302 g/mol. The minimum atomic E-state index is -0.383. The Morgan fingerprint density at radius 3 is 2.64 bits per heavy atom. The normalized spacial score (nSPS) is 19.0. The summed E-state index contributed by atoms with van der Waals surface area (Å²) < 4.78 is 0. The second-order valence-electron chi connectivity index (χ2n) is 6.25. The van der Waals surface area contributed by atoms with Gasteiger partial charge in [-0.15, -0.1) is 0 Å². The van der Waals surface area contributed by atoms with Crippen molar-refractivity contribution in [3.63, 3.8) is 0 Å². The third kappa shape index (κ3) is 4.58. The fourth-order valence-electron chi connectivity index (χ4n) is 2.93. The Balaban J connectivity index is 1.93. The zero-order chi connectivity index (χ0) is 15.9. The lowest BCUT2D eigenvalue weighted by molar-refractivity contribution is -0.135. The van der Waals surface area contributed by atoms with E-state index in [1.165, 1.54) is 0 Å². The minimum absolute atomic E-state index is 0.0765. The number of rotatable bonds is 6. The number of amides is 2. The number of benzene rings is 1. The molecule has 1 aromatic rings. The van der Waals surface area contributed by atoms with E-state index in [1.54, 1.807) is 0 Å². The second kappa shape index (κ2) is 7.97. The third-order valence-corrected chi connectivity index (χ3v) is 4.15. The van der Waals surface area contributed by atoms with Crippen molar-refractivity contribution >= 4 is 11.8 Å². The van der Waals surface area contributed by atoms with Crippen molar-refractivity contribution in [3.8, 4) is 0 Å². The smallest absolute Gasteiger partial charge is 0.245 e. The molecule has 2 rings (SSSR count). The molecule has 1 aliphatic rings. The molecular weight excluding hydrogens is 276 g/mol. The Kier molecular flexibility index (Phi) is 5.99. The number of nitrogens with one attached hydrogen (secondary N) is 1. The van der Waals surface area contributed by atoms with Gasteiger partial charge in [-0.1, -0.05) is 50.6 Å². The van der Waals surface area contributed by atoms with Crippen LogP contribution in [0.5, 0.6) is 0 Å². The number of nitrogens with zero attached hydrogens (tertiary/aromatic N) is 1. The van der Waals surface area contributed by atoms with Crippen LogP contribution in [0, 0.1) is 5.92 Å². The first kappa shape index (κ1) is 16.5.